The molecule has 22 heavy (non-hydrogen) atoms. The van der Waals surface area contributed by atoms with E-state index in [2.05, 4.69) is 36.3 Å². The first kappa shape index (κ1) is 17.2. The van der Waals surface area contributed by atoms with E-state index in [4.69, 9.17) is 4.74 Å². The van der Waals surface area contributed by atoms with Crippen molar-refractivity contribution in [3.63, 3.8) is 0 Å². The van der Waals surface area contributed by atoms with Gasteiger partial charge in [0.25, 0.3) is 0 Å². The SMILES string of the molecule is COCCN(Cc1ccc(C)s1)C(=O)NC1CCCN(C)C1. The van der Waals surface area contributed by atoms with E-state index in [0.717, 1.165) is 25.9 Å². The van der Waals surface area contributed by atoms with Gasteiger partial charge in [0, 0.05) is 36.0 Å². The van der Waals surface area contributed by atoms with E-state index in [1.54, 1.807) is 18.4 Å². The largest absolute Gasteiger partial charge is 0.383 e. The summed E-state index contributed by atoms with van der Waals surface area (Å²) in [5.41, 5.74) is 0. The van der Waals surface area contributed by atoms with E-state index < -0.39 is 0 Å². The Morgan fingerprint density at radius 3 is 3.00 bits per heavy atom. The lowest BCUT2D eigenvalue weighted by molar-refractivity contribution is 0.140. The quantitative estimate of drug-likeness (QED) is 0.873. The van der Waals surface area contributed by atoms with Crippen LogP contribution in [0.2, 0.25) is 0 Å². The number of nitrogens with zero attached hydrogens (tertiary/aromatic N) is 2. The topological polar surface area (TPSA) is 44.8 Å². The van der Waals surface area contributed by atoms with Crippen LogP contribution in [0, 0.1) is 6.92 Å². The van der Waals surface area contributed by atoms with Crippen LogP contribution in [-0.4, -0.2) is 62.3 Å². The molecule has 2 rings (SSSR count). The van der Waals surface area contributed by atoms with Crippen molar-refractivity contribution in [2.75, 3.05) is 40.4 Å². The summed E-state index contributed by atoms with van der Waals surface area (Å²) in [6, 6.07) is 4.47. The van der Waals surface area contributed by atoms with Gasteiger partial charge in [-0.2, -0.15) is 0 Å². The minimum Gasteiger partial charge on any atom is -0.383 e. The van der Waals surface area contributed by atoms with Gasteiger partial charge in [0.05, 0.1) is 13.2 Å². The predicted molar refractivity (Wildman–Crippen MR) is 90.4 cm³/mol. The van der Waals surface area contributed by atoms with Gasteiger partial charge in [-0.15, -0.1) is 11.3 Å². The summed E-state index contributed by atoms with van der Waals surface area (Å²) in [6.07, 6.45) is 2.20. The van der Waals surface area contributed by atoms with Crippen LogP contribution in [0.15, 0.2) is 12.1 Å². The molecule has 0 spiro atoms. The maximum absolute atomic E-state index is 12.6. The van der Waals surface area contributed by atoms with Crippen LogP contribution in [0.1, 0.15) is 22.6 Å². The highest BCUT2D eigenvalue weighted by atomic mass is 32.1. The molecule has 5 nitrogen and oxygen atoms in total. The van der Waals surface area contributed by atoms with Crippen LogP contribution in [0.3, 0.4) is 0 Å². The monoisotopic (exact) mass is 325 g/mol. The van der Waals surface area contributed by atoms with Crippen LogP contribution in [-0.2, 0) is 11.3 Å². The van der Waals surface area contributed by atoms with Crippen molar-refractivity contribution >= 4 is 17.4 Å². The Bertz CT molecular complexity index is 478. The van der Waals surface area contributed by atoms with Crippen molar-refractivity contribution in [3.8, 4) is 0 Å². The zero-order valence-electron chi connectivity index (χ0n) is 13.8. The van der Waals surface area contributed by atoms with Gasteiger partial charge >= 0.3 is 6.03 Å². The lowest BCUT2D eigenvalue weighted by atomic mass is 10.1. The third kappa shape index (κ3) is 5.26. The molecule has 0 bridgehead atoms. The van der Waals surface area contributed by atoms with E-state index in [1.165, 1.54) is 9.75 Å². The highest BCUT2D eigenvalue weighted by Gasteiger charge is 2.22. The van der Waals surface area contributed by atoms with E-state index in [9.17, 15) is 4.79 Å². The minimum atomic E-state index is 0.0170. The molecular weight excluding hydrogens is 298 g/mol. The Kier molecular flexibility index (Phi) is 6.67. The predicted octanol–water partition coefficient (Wildman–Crippen LogP) is 2.31. The number of piperidine rings is 1. The first-order valence-electron chi connectivity index (χ1n) is 7.86. The Morgan fingerprint density at radius 1 is 1.55 bits per heavy atom. The molecule has 1 aliphatic heterocycles. The third-order valence-electron chi connectivity index (χ3n) is 3.95. The van der Waals surface area contributed by atoms with Crippen LogP contribution in [0.5, 0.6) is 0 Å². The zero-order valence-corrected chi connectivity index (χ0v) is 14.6. The molecule has 6 heteroatoms. The van der Waals surface area contributed by atoms with E-state index in [-0.39, 0.29) is 12.1 Å². The van der Waals surface area contributed by atoms with Crippen molar-refractivity contribution in [2.24, 2.45) is 0 Å². The van der Waals surface area contributed by atoms with Crippen molar-refractivity contribution in [2.45, 2.75) is 32.4 Å². The molecule has 0 aromatic carbocycles. The zero-order chi connectivity index (χ0) is 15.9. The Morgan fingerprint density at radius 2 is 2.36 bits per heavy atom. The van der Waals surface area contributed by atoms with Gasteiger partial charge in [0.2, 0.25) is 0 Å². The number of nitrogens with one attached hydrogen (secondary N) is 1. The van der Waals surface area contributed by atoms with Gasteiger partial charge < -0.3 is 19.9 Å². The maximum Gasteiger partial charge on any atom is 0.318 e. The molecule has 1 fully saturated rings. The molecule has 0 saturated carbocycles. The second kappa shape index (κ2) is 8.50. The molecule has 124 valence electrons. The normalized spacial score (nSPS) is 19.1. The summed E-state index contributed by atoms with van der Waals surface area (Å²) in [4.78, 5) is 19.2. The number of hydrogen-bond donors (Lipinski definition) is 1. The van der Waals surface area contributed by atoms with Gasteiger partial charge in [-0.05, 0) is 45.5 Å². The smallest absolute Gasteiger partial charge is 0.318 e. The average molecular weight is 325 g/mol. The number of amides is 2. The lowest BCUT2D eigenvalue weighted by Crippen LogP contribution is -2.51. The highest BCUT2D eigenvalue weighted by molar-refractivity contribution is 7.11. The molecule has 2 heterocycles. The molecule has 1 aromatic rings. The number of hydrogen-bond acceptors (Lipinski definition) is 4. The number of urea groups is 1. The summed E-state index contributed by atoms with van der Waals surface area (Å²) in [7, 11) is 3.77. The number of carbonyl (C=O) groups excluding carboxylic acids is 1. The molecule has 1 N–H and O–H groups in total. The molecule has 1 atom stereocenters. The number of ether oxygens (including phenoxy) is 1. The van der Waals surface area contributed by atoms with Crippen LogP contribution in [0.4, 0.5) is 4.79 Å². The average Bonchev–Trinajstić information content (AvgIpc) is 2.88. The molecular formula is C16H27N3O2S. The fraction of sp³-hybridized carbons (Fsp3) is 0.688. The van der Waals surface area contributed by atoms with Crippen LogP contribution < -0.4 is 5.32 Å². The van der Waals surface area contributed by atoms with E-state index in [1.807, 2.05) is 4.90 Å². The molecule has 1 saturated heterocycles. The molecule has 1 aliphatic rings. The summed E-state index contributed by atoms with van der Waals surface area (Å²) in [5.74, 6) is 0. The van der Waals surface area contributed by atoms with Crippen molar-refractivity contribution in [1.82, 2.24) is 15.1 Å². The summed E-state index contributed by atoms with van der Waals surface area (Å²) < 4.78 is 5.15. The van der Waals surface area contributed by atoms with Gasteiger partial charge in [-0.3, -0.25) is 0 Å². The Balaban J connectivity index is 1.92. The fourth-order valence-electron chi connectivity index (χ4n) is 2.76. The second-order valence-corrected chi connectivity index (χ2v) is 7.35. The number of rotatable bonds is 6. The molecule has 1 aromatic heterocycles. The number of methoxy groups -OCH3 is 1. The van der Waals surface area contributed by atoms with E-state index in [0.29, 0.717) is 19.7 Å². The van der Waals surface area contributed by atoms with Gasteiger partial charge in [-0.1, -0.05) is 0 Å². The molecule has 0 aliphatic carbocycles. The summed E-state index contributed by atoms with van der Waals surface area (Å²) >= 11 is 1.74. The van der Waals surface area contributed by atoms with Crippen molar-refractivity contribution in [3.05, 3.63) is 21.9 Å². The number of likely N-dealkylation sites (tertiary alicyclic amines) is 1. The first-order valence-corrected chi connectivity index (χ1v) is 8.68. The molecule has 0 radical (unpaired) electrons. The summed E-state index contributed by atoms with van der Waals surface area (Å²) in [6.45, 7) is 5.96. The Labute approximate surface area is 137 Å². The number of likely N-dealkylation sites (N-methyl/N-ethyl adjacent to an activating group) is 1. The van der Waals surface area contributed by atoms with Crippen LogP contribution in [0.25, 0.3) is 0 Å². The fourth-order valence-corrected chi connectivity index (χ4v) is 3.67. The molecule has 2 amide bonds. The lowest BCUT2D eigenvalue weighted by Gasteiger charge is -2.32. The standard InChI is InChI=1S/C16H27N3O2S/c1-13-6-7-15(22-13)12-19(9-10-21-3)16(20)17-14-5-4-8-18(2)11-14/h6-7,14H,4-5,8-12H2,1-3H3,(H,17,20). The van der Waals surface area contributed by atoms with Crippen molar-refractivity contribution < 1.29 is 9.53 Å². The minimum absolute atomic E-state index is 0.0170. The van der Waals surface area contributed by atoms with Gasteiger partial charge in [0.15, 0.2) is 0 Å². The highest BCUT2D eigenvalue weighted by Crippen LogP contribution is 2.17. The van der Waals surface area contributed by atoms with E-state index >= 15 is 0 Å². The van der Waals surface area contributed by atoms with Gasteiger partial charge in [0.1, 0.15) is 0 Å². The number of aryl methyl sites for hydroxylation is 1. The van der Waals surface area contributed by atoms with Crippen molar-refractivity contribution in [1.29, 1.82) is 0 Å². The van der Waals surface area contributed by atoms with Crippen LogP contribution >= 0.6 is 11.3 Å². The third-order valence-corrected chi connectivity index (χ3v) is 4.93. The Hall–Kier alpha value is -1.11. The summed E-state index contributed by atoms with van der Waals surface area (Å²) in [5, 5.41) is 3.18. The van der Waals surface area contributed by atoms with Gasteiger partial charge in [-0.25, -0.2) is 4.79 Å². The maximum atomic E-state index is 12.6. The number of thiophene rings is 1. The second-order valence-electron chi connectivity index (χ2n) is 5.98. The molecule has 1 unspecified atom stereocenters. The first-order chi connectivity index (χ1) is 10.6. The number of carbonyl (C=O) groups is 1.